The van der Waals surface area contributed by atoms with Crippen LogP contribution in [0.3, 0.4) is 0 Å². The molecule has 0 atom stereocenters. The molecular weight excluding hydrogens is 769 g/mol. The van der Waals surface area contributed by atoms with Gasteiger partial charge >= 0.3 is 106 Å². The van der Waals surface area contributed by atoms with Crippen LogP contribution in [-0.4, -0.2) is 23.2 Å². The second-order valence-corrected chi connectivity index (χ2v) is 23.4. The predicted molar refractivity (Wildman–Crippen MR) is 181 cm³/mol. The zero-order valence-electron chi connectivity index (χ0n) is 27.3. The summed E-state index contributed by atoms with van der Waals surface area (Å²) in [4.78, 5) is 9.13. The Morgan fingerprint density at radius 3 is 2.31 bits per heavy atom. The van der Waals surface area contributed by atoms with Crippen LogP contribution < -0.4 is 4.40 Å². The number of nitrogens with zero attached hydrogens (tertiary/aromatic N) is 2. The summed E-state index contributed by atoms with van der Waals surface area (Å²) in [5, 5.41) is 2.47. The van der Waals surface area contributed by atoms with Gasteiger partial charge in [0.05, 0.1) is 0 Å². The summed E-state index contributed by atoms with van der Waals surface area (Å²) >= 11 is -0.00821. The Morgan fingerprint density at radius 2 is 1.62 bits per heavy atom. The van der Waals surface area contributed by atoms with Crippen LogP contribution >= 0.6 is 11.3 Å². The van der Waals surface area contributed by atoms with Crippen molar-refractivity contribution in [3.63, 3.8) is 0 Å². The maximum atomic E-state index is 8.39. The van der Waals surface area contributed by atoms with E-state index in [9.17, 15) is 0 Å². The molecule has 217 valence electrons. The smallest absolute Gasteiger partial charge is 0.0318 e. The molecule has 3 aromatic carbocycles. The van der Waals surface area contributed by atoms with E-state index in [0.29, 0.717) is 5.56 Å². The van der Waals surface area contributed by atoms with Gasteiger partial charge in [0.15, 0.2) is 0 Å². The summed E-state index contributed by atoms with van der Waals surface area (Å²) in [6, 6.07) is 30.8. The van der Waals surface area contributed by atoms with Gasteiger partial charge in [-0.05, 0) is 46.6 Å². The van der Waals surface area contributed by atoms with Crippen LogP contribution in [0.4, 0.5) is 0 Å². The minimum atomic E-state index is -1.77. The average molecular weight is 810 g/mol. The van der Waals surface area contributed by atoms with Crippen molar-refractivity contribution in [3.05, 3.63) is 114 Å². The van der Waals surface area contributed by atoms with Crippen molar-refractivity contribution in [1.82, 2.24) is 9.97 Å². The monoisotopic (exact) mass is 811 g/mol. The third kappa shape index (κ3) is 7.29. The first-order valence-corrected chi connectivity index (χ1v) is 22.3. The van der Waals surface area contributed by atoms with Gasteiger partial charge in [-0.2, -0.15) is 11.3 Å². The Labute approximate surface area is 274 Å². The molecule has 6 rings (SSSR count). The molecule has 42 heavy (non-hydrogen) atoms. The zero-order chi connectivity index (χ0) is 30.9. The zero-order valence-corrected chi connectivity index (χ0v) is 30.6. The third-order valence-corrected chi connectivity index (χ3v) is 12.9. The molecular formula is C37H38GeIrN2S-2. The molecule has 0 aliphatic rings. The Hall–Kier alpha value is -2.63. The van der Waals surface area contributed by atoms with Crippen molar-refractivity contribution >= 4 is 49.2 Å². The summed E-state index contributed by atoms with van der Waals surface area (Å²) < 4.78 is 20.7. The Kier molecular flexibility index (Phi) is 9.66. The van der Waals surface area contributed by atoms with Gasteiger partial charge in [-0.15, -0.1) is 23.8 Å². The van der Waals surface area contributed by atoms with Crippen molar-refractivity contribution in [2.24, 2.45) is 5.92 Å². The van der Waals surface area contributed by atoms with Gasteiger partial charge in [-0.3, -0.25) is 0 Å². The molecule has 0 aliphatic heterocycles. The molecule has 0 bridgehead atoms. The summed E-state index contributed by atoms with van der Waals surface area (Å²) in [7, 11) is 0. The van der Waals surface area contributed by atoms with E-state index in [0.717, 1.165) is 27.2 Å². The Morgan fingerprint density at radius 1 is 0.833 bits per heavy atom. The summed E-state index contributed by atoms with van der Waals surface area (Å²) in [6.07, 6.45) is 2.39. The van der Waals surface area contributed by atoms with Crippen molar-refractivity contribution < 1.29 is 22.8 Å². The van der Waals surface area contributed by atoms with Crippen LogP contribution in [0, 0.1) is 31.9 Å². The Balaban J connectivity index is 0.000000214. The summed E-state index contributed by atoms with van der Waals surface area (Å²) in [5.41, 5.74) is 7.14. The van der Waals surface area contributed by atoms with E-state index >= 15 is 0 Å². The van der Waals surface area contributed by atoms with Gasteiger partial charge < -0.3 is 4.98 Å². The van der Waals surface area contributed by atoms with E-state index in [1.165, 1.54) is 31.0 Å². The minimum Gasteiger partial charge on any atom is -0.305 e. The summed E-state index contributed by atoms with van der Waals surface area (Å²) in [5.74, 6) is 7.10. The van der Waals surface area contributed by atoms with E-state index in [-0.39, 0.29) is 26.0 Å². The fourth-order valence-electron chi connectivity index (χ4n) is 5.13. The number of rotatable bonds is 5. The van der Waals surface area contributed by atoms with Crippen molar-refractivity contribution in [1.29, 1.82) is 0 Å². The standard InChI is InChI=1S/C22H20NS.C15H18GeN.Ir/c1-14(2)12-16-10-11-23-20(13-16)19-9-5-8-18-17-7-4-6-15(3)21(17)24-22(18)19;1-12-10-15(13-8-6-5-7-9-13)17-11-14(12)16(2,3)4;/h4-8,10-11,13-14H,12H2,1-3H3;5-8,10-11H,1-4H3;/q2*-1;/i12D2;;. The van der Waals surface area contributed by atoms with Crippen LogP contribution in [0.15, 0.2) is 85.2 Å². The van der Waals surface area contributed by atoms with Crippen LogP contribution in [0.2, 0.25) is 17.3 Å². The molecule has 3 heterocycles. The molecule has 1 radical (unpaired) electrons. The number of hydrogen-bond acceptors (Lipinski definition) is 3. The third-order valence-electron chi connectivity index (χ3n) is 7.03. The number of aromatic nitrogens is 2. The van der Waals surface area contributed by atoms with Gasteiger partial charge in [0.25, 0.3) is 0 Å². The first-order chi connectivity index (χ1) is 20.4. The van der Waals surface area contributed by atoms with Gasteiger partial charge in [-0.25, -0.2) is 0 Å². The van der Waals surface area contributed by atoms with E-state index in [4.69, 9.17) is 2.74 Å². The van der Waals surface area contributed by atoms with E-state index in [2.05, 4.69) is 95.8 Å². The van der Waals surface area contributed by atoms with Gasteiger partial charge in [-0.1, -0.05) is 49.1 Å². The fourth-order valence-corrected chi connectivity index (χ4v) is 9.98. The first-order valence-electron chi connectivity index (χ1n) is 15.1. The number of aryl methyl sites for hydroxylation is 2. The quantitative estimate of drug-likeness (QED) is 0.128. The molecule has 0 fully saturated rings. The molecule has 0 aliphatic carbocycles. The van der Waals surface area contributed by atoms with Crippen LogP contribution in [0.5, 0.6) is 0 Å². The minimum absolute atomic E-state index is 0. The molecule has 0 unspecified atom stereocenters. The van der Waals surface area contributed by atoms with Crippen LogP contribution in [0.1, 0.15) is 33.3 Å². The van der Waals surface area contributed by atoms with Gasteiger partial charge in [0.2, 0.25) is 0 Å². The van der Waals surface area contributed by atoms with E-state index in [1.807, 2.05) is 44.2 Å². The molecule has 3 aromatic heterocycles. The molecule has 0 saturated heterocycles. The first kappa shape index (κ1) is 29.4. The van der Waals surface area contributed by atoms with Crippen molar-refractivity contribution in [3.8, 4) is 22.5 Å². The van der Waals surface area contributed by atoms with E-state index < -0.39 is 19.6 Å². The topological polar surface area (TPSA) is 25.8 Å². The van der Waals surface area contributed by atoms with Crippen molar-refractivity contribution in [2.75, 3.05) is 0 Å². The van der Waals surface area contributed by atoms with Gasteiger partial charge in [0.1, 0.15) is 0 Å². The molecule has 0 spiro atoms. The molecule has 0 N–H and O–H groups in total. The molecule has 0 amide bonds. The maximum absolute atomic E-state index is 8.39. The second kappa shape index (κ2) is 13.8. The number of pyridine rings is 2. The second-order valence-electron chi connectivity index (χ2n) is 11.8. The molecule has 5 heteroatoms. The molecule has 6 aromatic rings. The van der Waals surface area contributed by atoms with Crippen LogP contribution in [-0.2, 0) is 26.5 Å². The molecule has 0 saturated carbocycles. The largest absolute Gasteiger partial charge is 0.305 e. The number of hydrogen-bond donors (Lipinski definition) is 0. The fraction of sp³-hybridized carbons (Fsp3) is 0.243. The van der Waals surface area contributed by atoms with Crippen LogP contribution in [0.25, 0.3) is 42.7 Å². The summed E-state index contributed by atoms with van der Waals surface area (Å²) in [6.45, 7) is 8.14. The number of fused-ring (bicyclic) bond motifs is 3. The predicted octanol–water partition coefficient (Wildman–Crippen LogP) is 9.82. The molecule has 2 nitrogen and oxygen atoms in total. The average Bonchev–Trinajstić information content (AvgIpc) is 3.37. The SMILES string of the molecule is Cc1cc(-c2[c-]cccc2)nc[c]1[Ge]([CH3])([CH3])[CH3].[2H]C([2H])(c1ccnc(-c2[c-]ccc3c2sc2c(C)cccc23)c1)C(C)C.[Ir]. The maximum Gasteiger partial charge on any atom is 0.0318 e. The number of benzene rings is 3. The van der Waals surface area contributed by atoms with Crippen molar-refractivity contribution in [2.45, 2.75) is 51.3 Å². The van der Waals surface area contributed by atoms with E-state index in [1.54, 1.807) is 23.6 Å². The van der Waals surface area contributed by atoms with Gasteiger partial charge in [0, 0.05) is 33.7 Å². The normalized spacial score (nSPS) is 12.4. The Bertz CT molecular complexity index is 1900. The number of thiophene rings is 1.